The van der Waals surface area contributed by atoms with Crippen LogP contribution in [-0.2, 0) is 19.1 Å². The topological polar surface area (TPSA) is 66.9 Å². The lowest BCUT2D eigenvalue weighted by Gasteiger charge is -2.23. The monoisotopic (exact) mass is 300 g/mol. The smallest absolute Gasteiger partial charge is 0.333 e. The number of carbonyl (C=O) groups is 3. The van der Waals surface area contributed by atoms with E-state index in [0.717, 1.165) is 0 Å². The van der Waals surface area contributed by atoms with Crippen molar-refractivity contribution in [1.29, 1.82) is 0 Å². The molecular weight excluding hydrogens is 280 g/mol. The van der Waals surface area contributed by atoms with Crippen molar-refractivity contribution in [3.05, 3.63) is 11.1 Å². The number of ether oxygens (including phenoxy) is 1. The standard InChI is InChI=1S/C13H20N2O4S/c1-4-14(5-2)10(16)8-15-11(17)9-20-12(15)7-13(18)19-6-3/h7H,4-6,8-9H2,1-3H3/b12-7-. The molecule has 0 aromatic rings. The average Bonchev–Trinajstić information content (AvgIpc) is 2.73. The minimum atomic E-state index is -0.495. The minimum absolute atomic E-state index is 0.0290. The number of likely N-dealkylation sites (N-methyl/N-ethyl adjacent to an activating group) is 1. The number of rotatable bonds is 6. The van der Waals surface area contributed by atoms with Crippen molar-refractivity contribution in [3.63, 3.8) is 0 Å². The predicted octanol–water partition coefficient (Wildman–Crippen LogP) is 0.835. The molecule has 1 saturated heterocycles. The Morgan fingerprint density at radius 1 is 1.35 bits per heavy atom. The van der Waals surface area contributed by atoms with E-state index in [2.05, 4.69) is 0 Å². The lowest BCUT2D eigenvalue weighted by atomic mass is 10.4. The summed E-state index contributed by atoms with van der Waals surface area (Å²) in [5.74, 6) is -0.534. The normalized spacial score (nSPS) is 16.6. The van der Waals surface area contributed by atoms with Gasteiger partial charge in [-0.2, -0.15) is 0 Å². The van der Waals surface area contributed by atoms with Crippen molar-refractivity contribution >= 4 is 29.5 Å². The molecule has 1 aliphatic rings. The van der Waals surface area contributed by atoms with Gasteiger partial charge in [0.05, 0.1) is 23.5 Å². The summed E-state index contributed by atoms with van der Waals surface area (Å²) < 4.78 is 4.82. The molecule has 112 valence electrons. The summed E-state index contributed by atoms with van der Waals surface area (Å²) in [7, 11) is 0. The number of nitrogens with zero attached hydrogens (tertiary/aromatic N) is 2. The van der Waals surface area contributed by atoms with Gasteiger partial charge in [0.15, 0.2) is 0 Å². The highest BCUT2D eigenvalue weighted by atomic mass is 32.2. The molecule has 2 amide bonds. The molecule has 0 bridgehead atoms. The summed E-state index contributed by atoms with van der Waals surface area (Å²) in [6, 6.07) is 0. The highest BCUT2D eigenvalue weighted by Gasteiger charge is 2.30. The highest BCUT2D eigenvalue weighted by molar-refractivity contribution is 8.04. The molecule has 20 heavy (non-hydrogen) atoms. The van der Waals surface area contributed by atoms with Crippen LogP contribution < -0.4 is 0 Å². The Labute approximate surface area is 123 Å². The maximum absolute atomic E-state index is 12.0. The summed E-state index contributed by atoms with van der Waals surface area (Å²) in [6.45, 7) is 6.93. The first kappa shape index (κ1) is 16.6. The van der Waals surface area contributed by atoms with Crippen molar-refractivity contribution in [2.75, 3.05) is 32.0 Å². The van der Waals surface area contributed by atoms with Gasteiger partial charge in [0.1, 0.15) is 6.54 Å². The fourth-order valence-electron chi connectivity index (χ4n) is 1.80. The zero-order valence-corrected chi connectivity index (χ0v) is 12.9. The second-order valence-corrected chi connectivity index (χ2v) is 5.06. The SMILES string of the molecule is CCOC(=O)/C=C1\SCC(=O)N1CC(=O)N(CC)CC. The van der Waals surface area contributed by atoms with E-state index in [4.69, 9.17) is 4.74 Å². The first-order chi connectivity index (χ1) is 9.53. The van der Waals surface area contributed by atoms with E-state index >= 15 is 0 Å². The molecule has 1 fully saturated rings. The van der Waals surface area contributed by atoms with E-state index in [0.29, 0.717) is 18.1 Å². The second kappa shape index (κ2) is 7.94. The molecule has 0 aromatic heterocycles. The summed E-state index contributed by atoms with van der Waals surface area (Å²) >= 11 is 1.25. The third-order valence-electron chi connectivity index (χ3n) is 2.85. The lowest BCUT2D eigenvalue weighted by Crippen LogP contribution is -2.40. The molecule has 0 saturated carbocycles. The Hall–Kier alpha value is -1.50. The van der Waals surface area contributed by atoms with Gasteiger partial charge in [-0.1, -0.05) is 11.8 Å². The molecule has 1 heterocycles. The predicted molar refractivity (Wildman–Crippen MR) is 76.8 cm³/mol. The number of hydrogen-bond acceptors (Lipinski definition) is 5. The quantitative estimate of drug-likeness (QED) is 0.537. The van der Waals surface area contributed by atoms with E-state index in [9.17, 15) is 14.4 Å². The van der Waals surface area contributed by atoms with Gasteiger partial charge in [0.2, 0.25) is 11.8 Å². The fourth-order valence-corrected chi connectivity index (χ4v) is 2.73. The summed E-state index contributed by atoms with van der Waals surface area (Å²) in [4.78, 5) is 38.3. The van der Waals surface area contributed by atoms with Gasteiger partial charge >= 0.3 is 5.97 Å². The van der Waals surface area contributed by atoms with E-state index in [-0.39, 0.29) is 30.7 Å². The fraction of sp³-hybridized carbons (Fsp3) is 0.615. The first-order valence-electron chi connectivity index (χ1n) is 6.62. The van der Waals surface area contributed by atoms with Gasteiger partial charge in [-0.25, -0.2) is 4.79 Å². The van der Waals surface area contributed by atoms with Crippen LogP contribution in [0, 0.1) is 0 Å². The zero-order chi connectivity index (χ0) is 15.1. The number of carbonyl (C=O) groups excluding carboxylic acids is 3. The van der Waals surface area contributed by atoms with Crippen molar-refractivity contribution in [2.24, 2.45) is 0 Å². The number of esters is 1. The van der Waals surface area contributed by atoms with Gasteiger partial charge in [0, 0.05) is 13.1 Å². The number of amides is 2. The first-order valence-corrected chi connectivity index (χ1v) is 7.61. The van der Waals surface area contributed by atoms with Crippen LogP contribution in [0.5, 0.6) is 0 Å². The maximum atomic E-state index is 12.0. The van der Waals surface area contributed by atoms with E-state index in [1.165, 1.54) is 22.7 Å². The summed E-state index contributed by atoms with van der Waals surface area (Å²) in [5.41, 5.74) is 0. The maximum Gasteiger partial charge on any atom is 0.333 e. The molecular formula is C13H20N2O4S. The van der Waals surface area contributed by atoms with Gasteiger partial charge in [0.25, 0.3) is 0 Å². The van der Waals surface area contributed by atoms with Gasteiger partial charge in [-0.15, -0.1) is 0 Å². The van der Waals surface area contributed by atoms with Crippen LogP contribution in [0.3, 0.4) is 0 Å². The minimum Gasteiger partial charge on any atom is -0.463 e. The van der Waals surface area contributed by atoms with Crippen LogP contribution >= 0.6 is 11.8 Å². The van der Waals surface area contributed by atoms with Gasteiger partial charge < -0.3 is 9.64 Å². The summed E-state index contributed by atoms with van der Waals surface area (Å²) in [5, 5.41) is 0.481. The second-order valence-electron chi connectivity index (χ2n) is 4.07. The molecule has 0 aliphatic carbocycles. The Kier molecular flexibility index (Phi) is 6.57. The zero-order valence-electron chi connectivity index (χ0n) is 12.0. The Balaban J connectivity index is 2.76. The third-order valence-corrected chi connectivity index (χ3v) is 3.87. The molecule has 1 rings (SSSR count). The molecule has 7 heteroatoms. The molecule has 0 radical (unpaired) electrons. The largest absolute Gasteiger partial charge is 0.463 e. The van der Waals surface area contributed by atoms with Crippen LogP contribution in [0.2, 0.25) is 0 Å². The van der Waals surface area contributed by atoms with Crippen LogP contribution in [0.4, 0.5) is 0 Å². The number of thioether (sulfide) groups is 1. The van der Waals surface area contributed by atoms with Crippen LogP contribution in [-0.4, -0.2) is 59.6 Å². The molecule has 0 N–H and O–H groups in total. The van der Waals surface area contributed by atoms with Crippen molar-refractivity contribution in [3.8, 4) is 0 Å². The van der Waals surface area contributed by atoms with Crippen molar-refractivity contribution < 1.29 is 19.1 Å². The molecule has 0 aromatic carbocycles. The molecule has 0 spiro atoms. The highest BCUT2D eigenvalue weighted by Crippen LogP contribution is 2.28. The van der Waals surface area contributed by atoms with Crippen molar-refractivity contribution in [2.45, 2.75) is 20.8 Å². The molecule has 6 nitrogen and oxygen atoms in total. The lowest BCUT2D eigenvalue weighted by molar-refractivity contribution is -0.138. The third kappa shape index (κ3) is 4.26. The van der Waals surface area contributed by atoms with Gasteiger partial charge in [-0.05, 0) is 20.8 Å². The molecule has 0 unspecified atom stereocenters. The number of hydrogen-bond donors (Lipinski definition) is 0. The van der Waals surface area contributed by atoms with Crippen LogP contribution in [0.25, 0.3) is 0 Å². The van der Waals surface area contributed by atoms with E-state index < -0.39 is 5.97 Å². The Morgan fingerprint density at radius 3 is 2.55 bits per heavy atom. The van der Waals surface area contributed by atoms with Crippen LogP contribution in [0.15, 0.2) is 11.1 Å². The molecule has 0 atom stereocenters. The van der Waals surface area contributed by atoms with E-state index in [1.54, 1.807) is 11.8 Å². The summed E-state index contributed by atoms with van der Waals surface area (Å²) in [6.07, 6.45) is 1.27. The van der Waals surface area contributed by atoms with Crippen molar-refractivity contribution in [1.82, 2.24) is 9.80 Å². The van der Waals surface area contributed by atoms with E-state index in [1.807, 2.05) is 13.8 Å². The molecule has 1 aliphatic heterocycles. The Morgan fingerprint density at radius 2 is 2.00 bits per heavy atom. The Bertz CT molecular complexity index is 419. The van der Waals surface area contributed by atoms with Crippen LogP contribution in [0.1, 0.15) is 20.8 Å². The van der Waals surface area contributed by atoms with Gasteiger partial charge in [-0.3, -0.25) is 14.5 Å². The average molecular weight is 300 g/mol.